The van der Waals surface area contributed by atoms with Crippen LogP contribution in [0.15, 0.2) is 18.3 Å². The molecule has 6 heteroatoms. The van der Waals surface area contributed by atoms with Gasteiger partial charge in [-0.3, -0.25) is 4.90 Å². The van der Waals surface area contributed by atoms with E-state index < -0.39 is 0 Å². The van der Waals surface area contributed by atoms with Crippen LogP contribution in [-0.4, -0.2) is 48.7 Å². The lowest BCUT2D eigenvalue weighted by Gasteiger charge is -2.38. The van der Waals surface area contributed by atoms with Crippen LogP contribution in [0.2, 0.25) is 0 Å². The van der Waals surface area contributed by atoms with E-state index in [9.17, 15) is 4.79 Å². The van der Waals surface area contributed by atoms with Crippen LogP contribution < -0.4 is 15.4 Å². The van der Waals surface area contributed by atoms with Gasteiger partial charge in [-0.2, -0.15) is 0 Å². The number of aromatic nitrogens is 1. The van der Waals surface area contributed by atoms with Gasteiger partial charge in [0, 0.05) is 18.8 Å². The second-order valence-corrected chi connectivity index (χ2v) is 6.93. The monoisotopic (exact) mass is 334 g/mol. The molecule has 0 bridgehead atoms. The minimum Gasteiger partial charge on any atom is -0.480 e. The number of carbonyl (C=O) groups excluding carboxylic acids is 1. The van der Waals surface area contributed by atoms with Crippen LogP contribution in [0.25, 0.3) is 0 Å². The van der Waals surface area contributed by atoms with E-state index in [1.165, 1.54) is 20.0 Å². The lowest BCUT2D eigenvalue weighted by molar-refractivity contribution is 0.108. The smallest absolute Gasteiger partial charge is 0.319 e. The highest BCUT2D eigenvalue weighted by molar-refractivity contribution is 5.90. The van der Waals surface area contributed by atoms with E-state index >= 15 is 0 Å². The minimum atomic E-state index is -0.225. The van der Waals surface area contributed by atoms with Crippen molar-refractivity contribution >= 4 is 11.7 Å². The number of hydrogen-bond acceptors (Lipinski definition) is 4. The molecule has 134 valence electrons. The predicted octanol–water partition coefficient (Wildman–Crippen LogP) is 2.97. The van der Waals surface area contributed by atoms with Crippen molar-refractivity contribution in [2.24, 2.45) is 11.8 Å². The lowest BCUT2D eigenvalue weighted by atomic mass is 9.94. The van der Waals surface area contributed by atoms with E-state index in [0.29, 0.717) is 30.1 Å². The van der Waals surface area contributed by atoms with Gasteiger partial charge < -0.3 is 15.4 Å². The molecule has 1 aliphatic heterocycles. The zero-order valence-corrected chi connectivity index (χ0v) is 15.2. The molecule has 0 unspecified atom stereocenters. The topological polar surface area (TPSA) is 66.5 Å². The van der Waals surface area contributed by atoms with E-state index in [1.807, 2.05) is 0 Å². The maximum absolute atomic E-state index is 12.2. The van der Waals surface area contributed by atoms with Crippen molar-refractivity contribution in [3.63, 3.8) is 0 Å². The van der Waals surface area contributed by atoms with Crippen LogP contribution in [0.3, 0.4) is 0 Å². The highest BCUT2D eigenvalue weighted by Crippen LogP contribution is 2.22. The van der Waals surface area contributed by atoms with Gasteiger partial charge in [-0.1, -0.05) is 20.8 Å². The Kier molecular flexibility index (Phi) is 6.85. The number of pyridine rings is 1. The Hall–Kier alpha value is -1.82. The molecule has 0 aromatic carbocycles. The Balaban J connectivity index is 1.88. The Morgan fingerprint density at radius 1 is 1.42 bits per heavy atom. The van der Waals surface area contributed by atoms with Gasteiger partial charge in [0.2, 0.25) is 5.88 Å². The van der Waals surface area contributed by atoms with Crippen LogP contribution >= 0.6 is 0 Å². The molecule has 2 rings (SSSR count). The summed E-state index contributed by atoms with van der Waals surface area (Å²) in [5.74, 6) is 1.72. The van der Waals surface area contributed by atoms with Crippen molar-refractivity contribution < 1.29 is 9.53 Å². The third-order valence-electron chi connectivity index (χ3n) is 4.74. The molecule has 0 aliphatic carbocycles. The summed E-state index contributed by atoms with van der Waals surface area (Å²) in [6.07, 6.45) is 4.11. The predicted molar refractivity (Wildman–Crippen MR) is 96.4 cm³/mol. The zero-order chi connectivity index (χ0) is 17.5. The molecule has 1 atom stereocenters. The second-order valence-electron chi connectivity index (χ2n) is 6.93. The van der Waals surface area contributed by atoms with Crippen LogP contribution in [0, 0.1) is 11.8 Å². The third-order valence-corrected chi connectivity index (χ3v) is 4.74. The maximum Gasteiger partial charge on any atom is 0.319 e. The summed E-state index contributed by atoms with van der Waals surface area (Å²) in [6, 6.07) is 3.68. The summed E-state index contributed by atoms with van der Waals surface area (Å²) in [7, 11) is 1.54. The molecule has 1 aromatic rings. The Morgan fingerprint density at radius 2 is 2.12 bits per heavy atom. The fraction of sp³-hybridized carbons (Fsp3) is 0.667. The molecule has 2 amide bonds. The van der Waals surface area contributed by atoms with Crippen molar-refractivity contribution in [3.05, 3.63) is 18.3 Å². The molecule has 6 nitrogen and oxygen atoms in total. The van der Waals surface area contributed by atoms with Gasteiger partial charge in [0.25, 0.3) is 0 Å². The standard InChI is InChI=1S/C18H30N4O2/c1-13(2)16(22-10-7-14(3)8-11-22)12-20-18(23)21-15-6-5-9-19-17(15)24-4/h5-6,9,13-14,16H,7-8,10-12H2,1-4H3,(H2,20,21,23)/t16-/m1/s1. The summed E-state index contributed by atoms with van der Waals surface area (Å²) in [5, 5.41) is 5.81. The Bertz CT molecular complexity index is 528. The number of nitrogens with one attached hydrogen (secondary N) is 2. The van der Waals surface area contributed by atoms with Crippen molar-refractivity contribution in [1.82, 2.24) is 15.2 Å². The first kappa shape index (κ1) is 18.5. The summed E-state index contributed by atoms with van der Waals surface area (Å²) in [5.41, 5.74) is 0.574. The van der Waals surface area contributed by atoms with Crippen LogP contribution in [0.4, 0.5) is 10.5 Å². The summed E-state index contributed by atoms with van der Waals surface area (Å²) in [6.45, 7) is 9.61. The molecule has 2 N–H and O–H groups in total. The van der Waals surface area contributed by atoms with Gasteiger partial charge in [0.15, 0.2) is 0 Å². The molecule has 1 aromatic heterocycles. The SMILES string of the molecule is COc1ncccc1NC(=O)NC[C@H](C(C)C)N1CCC(C)CC1. The van der Waals surface area contributed by atoms with Gasteiger partial charge in [0.1, 0.15) is 5.69 Å². The van der Waals surface area contributed by atoms with Crippen LogP contribution in [0.5, 0.6) is 5.88 Å². The molecule has 0 saturated carbocycles. The third kappa shape index (κ3) is 5.09. The summed E-state index contributed by atoms with van der Waals surface area (Å²) in [4.78, 5) is 18.8. The Morgan fingerprint density at radius 3 is 2.75 bits per heavy atom. The number of urea groups is 1. The van der Waals surface area contributed by atoms with E-state index in [2.05, 4.69) is 41.3 Å². The average molecular weight is 334 g/mol. The van der Waals surface area contributed by atoms with Crippen LogP contribution in [-0.2, 0) is 0 Å². The fourth-order valence-corrected chi connectivity index (χ4v) is 3.16. The lowest BCUT2D eigenvalue weighted by Crippen LogP contribution is -2.50. The first-order valence-electron chi connectivity index (χ1n) is 8.79. The van der Waals surface area contributed by atoms with Gasteiger partial charge >= 0.3 is 6.03 Å². The van der Waals surface area contributed by atoms with Crippen molar-refractivity contribution in [2.45, 2.75) is 39.7 Å². The van der Waals surface area contributed by atoms with Gasteiger partial charge in [-0.05, 0) is 49.9 Å². The molecule has 24 heavy (non-hydrogen) atoms. The first-order chi connectivity index (χ1) is 11.5. The van der Waals surface area contributed by atoms with E-state index in [0.717, 1.165) is 19.0 Å². The largest absolute Gasteiger partial charge is 0.480 e. The number of ether oxygens (including phenoxy) is 1. The van der Waals surface area contributed by atoms with Crippen molar-refractivity contribution in [1.29, 1.82) is 0 Å². The van der Waals surface area contributed by atoms with E-state index in [4.69, 9.17) is 4.74 Å². The number of nitrogens with zero attached hydrogens (tertiary/aromatic N) is 2. The van der Waals surface area contributed by atoms with E-state index in [1.54, 1.807) is 18.3 Å². The Labute approximate surface area is 145 Å². The van der Waals surface area contributed by atoms with E-state index in [-0.39, 0.29) is 6.03 Å². The quantitative estimate of drug-likeness (QED) is 0.839. The van der Waals surface area contributed by atoms with Crippen LogP contribution in [0.1, 0.15) is 33.6 Å². The number of piperidine rings is 1. The maximum atomic E-state index is 12.2. The zero-order valence-electron chi connectivity index (χ0n) is 15.2. The molecular formula is C18H30N4O2. The van der Waals surface area contributed by atoms with Crippen molar-refractivity contribution in [2.75, 3.05) is 32.1 Å². The second kappa shape index (κ2) is 8.87. The number of carbonyl (C=O) groups is 1. The van der Waals surface area contributed by atoms with Crippen molar-refractivity contribution in [3.8, 4) is 5.88 Å². The number of amides is 2. The molecule has 1 saturated heterocycles. The highest BCUT2D eigenvalue weighted by atomic mass is 16.5. The summed E-state index contributed by atoms with van der Waals surface area (Å²) < 4.78 is 5.15. The molecule has 2 heterocycles. The normalized spacial score (nSPS) is 17.5. The summed E-state index contributed by atoms with van der Waals surface area (Å²) >= 11 is 0. The number of methoxy groups -OCH3 is 1. The number of hydrogen-bond donors (Lipinski definition) is 2. The first-order valence-corrected chi connectivity index (χ1v) is 8.79. The molecule has 1 aliphatic rings. The average Bonchev–Trinajstić information content (AvgIpc) is 2.57. The van der Waals surface area contributed by atoms with Gasteiger partial charge in [-0.15, -0.1) is 0 Å². The highest BCUT2D eigenvalue weighted by Gasteiger charge is 2.26. The molecule has 0 spiro atoms. The molecule has 1 fully saturated rings. The molecular weight excluding hydrogens is 304 g/mol. The number of likely N-dealkylation sites (tertiary alicyclic amines) is 1. The van der Waals surface area contributed by atoms with Gasteiger partial charge in [0.05, 0.1) is 7.11 Å². The van der Waals surface area contributed by atoms with Gasteiger partial charge in [-0.25, -0.2) is 9.78 Å². The number of anilines is 1. The molecule has 0 radical (unpaired) electrons. The number of rotatable bonds is 6. The minimum absolute atomic E-state index is 0.225. The fourth-order valence-electron chi connectivity index (χ4n) is 3.16.